The van der Waals surface area contributed by atoms with Crippen molar-refractivity contribution in [3.05, 3.63) is 72.8 Å². The predicted octanol–water partition coefficient (Wildman–Crippen LogP) is 4.69. The van der Waals surface area contributed by atoms with Crippen LogP contribution in [0, 0.1) is 0 Å². The number of rotatable bonds is 6. The topological polar surface area (TPSA) is 82.1 Å². The molecule has 6 nitrogen and oxygen atoms in total. The van der Waals surface area contributed by atoms with Gasteiger partial charge >= 0.3 is 0 Å². The first-order chi connectivity index (χ1) is 12.4. The van der Waals surface area contributed by atoms with Crippen LogP contribution < -0.4 is 14.0 Å². The summed E-state index contributed by atoms with van der Waals surface area (Å²) in [5, 5.41) is 0. The predicted molar refractivity (Wildman–Crippen MR) is 99.6 cm³/mol. The quantitative estimate of drug-likeness (QED) is 0.486. The van der Waals surface area contributed by atoms with Crippen LogP contribution in [0.1, 0.15) is 0 Å². The van der Waals surface area contributed by atoms with Crippen LogP contribution in [0.3, 0.4) is 0 Å². The molecular formula is C18H15O6PS. The van der Waals surface area contributed by atoms with Gasteiger partial charge in [-0.1, -0.05) is 18.2 Å². The molecular weight excluding hydrogens is 375 g/mol. The maximum Gasteiger partial charge on any atom is 0.294 e. The number of hydrogen-bond donors (Lipinski definition) is 1. The second kappa shape index (κ2) is 7.74. The minimum Gasteiger partial charge on any atom is -0.480 e. The summed E-state index contributed by atoms with van der Waals surface area (Å²) in [6.07, 6.45) is 0. The molecule has 3 rings (SSSR count). The molecule has 3 aromatic rings. The summed E-state index contributed by atoms with van der Waals surface area (Å²) in [6.45, 7) is 0. The summed E-state index contributed by atoms with van der Waals surface area (Å²) in [7, 11) is -2.12. The van der Waals surface area contributed by atoms with Gasteiger partial charge in [-0.25, -0.2) is 0 Å². The molecule has 0 saturated carbocycles. The highest BCUT2D eigenvalue weighted by Gasteiger charge is 2.10. The average Bonchev–Trinajstić information content (AvgIpc) is 2.62. The Morgan fingerprint density at radius 2 is 1.12 bits per heavy atom. The fourth-order valence-electron chi connectivity index (χ4n) is 2.18. The molecule has 0 spiro atoms. The van der Waals surface area contributed by atoms with Gasteiger partial charge in [0.25, 0.3) is 10.1 Å². The van der Waals surface area contributed by atoms with Gasteiger partial charge in [-0.15, -0.1) is 0 Å². The standard InChI is InChI=1S/C18H15O6PS/c19-26(20,21)18-9-3-7-16(12-18)23-14-5-1-4-13(10-14)22-15-6-2-8-17(11-15)24-25/h1-12H,25H2,(H,19,20,21). The van der Waals surface area contributed by atoms with Crippen LogP contribution in [0.2, 0.25) is 0 Å². The van der Waals surface area contributed by atoms with Crippen molar-refractivity contribution in [2.24, 2.45) is 0 Å². The Morgan fingerprint density at radius 1 is 0.692 bits per heavy atom. The highest BCUT2D eigenvalue weighted by atomic mass is 32.2. The smallest absolute Gasteiger partial charge is 0.294 e. The van der Waals surface area contributed by atoms with E-state index in [0.717, 1.165) is 0 Å². The first-order valence-electron chi connectivity index (χ1n) is 7.44. The van der Waals surface area contributed by atoms with Crippen molar-refractivity contribution in [2.45, 2.75) is 4.90 Å². The zero-order valence-corrected chi connectivity index (χ0v) is 15.4. The van der Waals surface area contributed by atoms with E-state index in [-0.39, 0.29) is 10.6 Å². The maximum absolute atomic E-state index is 11.2. The highest BCUT2D eigenvalue weighted by molar-refractivity contribution is 7.85. The molecule has 134 valence electrons. The lowest BCUT2D eigenvalue weighted by molar-refractivity contribution is 0.456. The summed E-state index contributed by atoms with van der Waals surface area (Å²) in [5.74, 6) is 2.50. The fourth-order valence-corrected chi connectivity index (χ4v) is 2.84. The molecule has 1 atom stereocenters. The Labute approximate surface area is 153 Å². The van der Waals surface area contributed by atoms with E-state index in [0.29, 0.717) is 23.0 Å². The van der Waals surface area contributed by atoms with Gasteiger partial charge in [0.2, 0.25) is 0 Å². The van der Waals surface area contributed by atoms with Gasteiger partial charge in [0.15, 0.2) is 0 Å². The first kappa shape index (κ1) is 18.2. The third kappa shape index (κ3) is 4.73. The lowest BCUT2D eigenvalue weighted by Crippen LogP contribution is -1.98. The van der Waals surface area contributed by atoms with E-state index in [1.54, 1.807) is 54.6 Å². The Bertz CT molecular complexity index is 1020. The van der Waals surface area contributed by atoms with Gasteiger partial charge in [0.05, 0.1) is 14.4 Å². The number of hydrogen-bond acceptors (Lipinski definition) is 5. The van der Waals surface area contributed by atoms with Crippen LogP contribution in [0.15, 0.2) is 77.7 Å². The van der Waals surface area contributed by atoms with Crippen molar-refractivity contribution in [1.82, 2.24) is 0 Å². The SMILES string of the molecule is O=S(=O)(O)c1cccc(Oc2cccc(Oc3cccc(OP)c3)c2)c1. The van der Waals surface area contributed by atoms with Crippen LogP contribution in [0.4, 0.5) is 0 Å². The molecule has 0 fully saturated rings. The second-order valence-electron chi connectivity index (χ2n) is 5.22. The molecule has 3 aromatic carbocycles. The van der Waals surface area contributed by atoms with Crippen LogP contribution >= 0.6 is 9.47 Å². The largest absolute Gasteiger partial charge is 0.480 e. The van der Waals surface area contributed by atoms with Crippen molar-refractivity contribution in [2.75, 3.05) is 0 Å². The molecule has 0 heterocycles. The lowest BCUT2D eigenvalue weighted by atomic mass is 10.3. The van der Waals surface area contributed by atoms with Gasteiger partial charge in [-0.3, -0.25) is 4.55 Å². The van der Waals surface area contributed by atoms with Crippen molar-refractivity contribution < 1.29 is 27.0 Å². The normalized spacial score (nSPS) is 11.0. The molecule has 0 aliphatic rings. The molecule has 0 radical (unpaired) electrons. The Kier molecular flexibility index (Phi) is 5.42. The first-order valence-corrected chi connectivity index (χ1v) is 9.35. The third-order valence-corrected chi connectivity index (χ3v) is 4.44. The minimum absolute atomic E-state index is 0.239. The summed E-state index contributed by atoms with van der Waals surface area (Å²) in [6, 6.07) is 19.6. The molecule has 0 aliphatic carbocycles. The van der Waals surface area contributed by atoms with E-state index in [1.165, 1.54) is 18.2 Å². The molecule has 1 N–H and O–H groups in total. The van der Waals surface area contributed by atoms with E-state index in [2.05, 4.69) is 9.47 Å². The second-order valence-corrected chi connectivity index (χ2v) is 6.88. The van der Waals surface area contributed by atoms with Crippen LogP contribution in [0.5, 0.6) is 28.7 Å². The van der Waals surface area contributed by atoms with E-state index in [4.69, 9.17) is 18.6 Å². The van der Waals surface area contributed by atoms with E-state index < -0.39 is 10.1 Å². The molecule has 26 heavy (non-hydrogen) atoms. The zero-order chi connectivity index (χ0) is 18.6. The Hall–Kier alpha value is -2.60. The van der Waals surface area contributed by atoms with Gasteiger partial charge < -0.3 is 14.0 Å². The van der Waals surface area contributed by atoms with Crippen LogP contribution in [0.25, 0.3) is 0 Å². The van der Waals surface area contributed by atoms with Crippen molar-refractivity contribution in [3.63, 3.8) is 0 Å². The monoisotopic (exact) mass is 390 g/mol. The van der Waals surface area contributed by atoms with Crippen molar-refractivity contribution >= 4 is 19.6 Å². The van der Waals surface area contributed by atoms with Gasteiger partial charge in [-0.05, 0) is 36.4 Å². The van der Waals surface area contributed by atoms with Crippen LogP contribution in [-0.2, 0) is 10.1 Å². The van der Waals surface area contributed by atoms with Gasteiger partial charge in [-0.2, -0.15) is 8.42 Å². The molecule has 1 unspecified atom stereocenters. The van der Waals surface area contributed by atoms with Crippen LogP contribution in [-0.4, -0.2) is 13.0 Å². The summed E-state index contributed by atoms with van der Waals surface area (Å²) in [4.78, 5) is -0.239. The molecule has 8 heteroatoms. The van der Waals surface area contributed by atoms with E-state index >= 15 is 0 Å². The highest BCUT2D eigenvalue weighted by Crippen LogP contribution is 2.30. The van der Waals surface area contributed by atoms with Crippen molar-refractivity contribution in [1.29, 1.82) is 0 Å². The van der Waals surface area contributed by atoms with E-state index in [1.807, 2.05) is 0 Å². The van der Waals surface area contributed by atoms with Gasteiger partial charge in [0.1, 0.15) is 28.7 Å². The maximum atomic E-state index is 11.2. The van der Waals surface area contributed by atoms with Gasteiger partial charge in [0, 0.05) is 18.2 Å². The molecule has 0 bridgehead atoms. The zero-order valence-electron chi connectivity index (χ0n) is 13.4. The molecule has 0 saturated heterocycles. The summed E-state index contributed by atoms with van der Waals surface area (Å²) < 4.78 is 48.0. The lowest BCUT2D eigenvalue weighted by Gasteiger charge is -2.10. The average molecular weight is 390 g/mol. The fraction of sp³-hybridized carbons (Fsp3) is 0. The molecule has 0 amide bonds. The number of ether oxygens (including phenoxy) is 2. The Balaban J connectivity index is 1.79. The molecule has 0 aliphatic heterocycles. The third-order valence-electron chi connectivity index (χ3n) is 3.32. The van der Waals surface area contributed by atoms with E-state index in [9.17, 15) is 8.42 Å². The number of benzene rings is 3. The summed E-state index contributed by atoms with van der Waals surface area (Å²) >= 11 is 0. The molecule has 0 aromatic heterocycles. The summed E-state index contributed by atoms with van der Waals surface area (Å²) in [5.41, 5.74) is 0. The Morgan fingerprint density at radius 3 is 1.62 bits per heavy atom. The minimum atomic E-state index is -4.29. The van der Waals surface area contributed by atoms with Crippen molar-refractivity contribution in [3.8, 4) is 28.7 Å².